The number of nitrogen functional groups attached to an aromatic ring is 1. The number of nitrogens with zero attached hydrogens (tertiary/aromatic N) is 4. The largest absolute Gasteiger partial charge is 0.369 e. The van der Waals surface area contributed by atoms with Crippen molar-refractivity contribution in [1.29, 1.82) is 0 Å². The molecule has 3 aromatic rings. The van der Waals surface area contributed by atoms with Gasteiger partial charge in [-0.15, -0.1) is 0 Å². The third-order valence-corrected chi connectivity index (χ3v) is 3.12. The molecule has 0 amide bonds. The fraction of sp³-hybridized carbons (Fsp3) is 0.231. The van der Waals surface area contributed by atoms with Gasteiger partial charge >= 0.3 is 0 Å². The molecule has 0 aliphatic carbocycles. The van der Waals surface area contributed by atoms with Crippen molar-refractivity contribution >= 4 is 17.1 Å². The molecule has 0 atom stereocenters. The van der Waals surface area contributed by atoms with Gasteiger partial charge in [0.2, 0.25) is 5.95 Å². The molecule has 1 aromatic carbocycles. The van der Waals surface area contributed by atoms with Gasteiger partial charge in [-0.05, 0) is 38.1 Å². The maximum absolute atomic E-state index is 13.0. The number of aromatic nitrogens is 4. The van der Waals surface area contributed by atoms with E-state index < -0.39 is 0 Å². The topological polar surface area (TPSA) is 61.7 Å². The van der Waals surface area contributed by atoms with Crippen LogP contribution in [-0.4, -0.2) is 19.3 Å². The van der Waals surface area contributed by atoms with E-state index >= 15 is 0 Å². The molecule has 0 saturated heterocycles. The first-order chi connectivity index (χ1) is 9.11. The number of hydrogen-bond donors (Lipinski definition) is 1. The van der Waals surface area contributed by atoms with Gasteiger partial charge in [0.15, 0.2) is 5.65 Å². The second kappa shape index (κ2) is 4.08. The van der Waals surface area contributed by atoms with Crippen molar-refractivity contribution in [1.82, 2.24) is 19.3 Å². The van der Waals surface area contributed by atoms with E-state index in [4.69, 9.17) is 5.73 Å². The van der Waals surface area contributed by atoms with Crippen molar-refractivity contribution in [2.24, 2.45) is 0 Å². The molecule has 0 bridgehead atoms. The van der Waals surface area contributed by atoms with Gasteiger partial charge < -0.3 is 5.73 Å². The van der Waals surface area contributed by atoms with Gasteiger partial charge in [-0.3, -0.25) is 4.57 Å². The molecule has 5 nitrogen and oxygen atoms in total. The highest BCUT2D eigenvalue weighted by molar-refractivity contribution is 5.80. The standard InChI is InChI=1S/C13H14FN5/c1-3-18-12-11(8(2)17-18)16-13(15)19(12)10-6-4-9(14)5-7-10/h4-7H,3H2,1-2H3,(H2,15,16). The fourth-order valence-electron chi connectivity index (χ4n) is 2.25. The molecule has 0 aliphatic rings. The number of aryl methyl sites for hydroxylation is 2. The van der Waals surface area contributed by atoms with Crippen molar-refractivity contribution in [3.63, 3.8) is 0 Å². The Hall–Kier alpha value is -2.37. The van der Waals surface area contributed by atoms with E-state index in [0.717, 1.165) is 29.1 Å². The Morgan fingerprint density at radius 1 is 1.26 bits per heavy atom. The zero-order valence-corrected chi connectivity index (χ0v) is 10.8. The quantitative estimate of drug-likeness (QED) is 0.768. The molecule has 0 radical (unpaired) electrons. The monoisotopic (exact) mass is 259 g/mol. The first kappa shape index (κ1) is 11.7. The number of anilines is 1. The molecular weight excluding hydrogens is 245 g/mol. The summed E-state index contributed by atoms with van der Waals surface area (Å²) in [6, 6.07) is 6.16. The Kier molecular flexibility index (Phi) is 2.51. The molecule has 0 aliphatic heterocycles. The molecule has 0 spiro atoms. The minimum absolute atomic E-state index is 0.279. The van der Waals surface area contributed by atoms with Crippen LogP contribution in [0.5, 0.6) is 0 Å². The summed E-state index contributed by atoms with van der Waals surface area (Å²) in [4.78, 5) is 4.34. The summed E-state index contributed by atoms with van der Waals surface area (Å²) in [6.45, 7) is 4.62. The summed E-state index contributed by atoms with van der Waals surface area (Å²) in [6.07, 6.45) is 0. The van der Waals surface area contributed by atoms with Crippen LogP contribution in [0.1, 0.15) is 12.6 Å². The lowest BCUT2D eigenvalue weighted by molar-refractivity contribution is 0.627. The summed E-state index contributed by atoms with van der Waals surface area (Å²) in [5.41, 5.74) is 9.21. The van der Waals surface area contributed by atoms with E-state index in [0.29, 0.717) is 5.95 Å². The molecule has 2 heterocycles. The van der Waals surface area contributed by atoms with Crippen LogP contribution in [-0.2, 0) is 6.54 Å². The first-order valence-electron chi connectivity index (χ1n) is 6.09. The van der Waals surface area contributed by atoms with Gasteiger partial charge in [-0.1, -0.05) is 0 Å². The van der Waals surface area contributed by atoms with Crippen LogP contribution in [0.15, 0.2) is 24.3 Å². The number of fused-ring (bicyclic) bond motifs is 1. The van der Waals surface area contributed by atoms with E-state index in [9.17, 15) is 4.39 Å². The molecule has 2 N–H and O–H groups in total. The second-order valence-corrected chi connectivity index (χ2v) is 4.36. The summed E-state index contributed by atoms with van der Waals surface area (Å²) in [7, 11) is 0. The minimum Gasteiger partial charge on any atom is -0.369 e. The summed E-state index contributed by atoms with van der Waals surface area (Å²) in [5.74, 6) is 0.100. The molecule has 3 rings (SSSR count). The zero-order valence-electron chi connectivity index (χ0n) is 10.8. The number of rotatable bonds is 2. The van der Waals surface area contributed by atoms with Gasteiger partial charge in [-0.25, -0.2) is 14.1 Å². The Labute approximate surface area is 109 Å². The normalized spacial score (nSPS) is 11.3. The predicted octanol–water partition coefficient (Wildman–Crippen LogP) is 2.27. The van der Waals surface area contributed by atoms with Gasteiger partial charge in [0, 0.05) is 6.54 Å². The molecule has 0 unspecified atom stereocenters. The van der Waals surface area contributed by atoms with Crippen LogP contribution in [0, 0.1) is 12.7 Å². The van der Waals surface area contributed by atoms with Gasteiger partial charge in [-0.2, -0.15) is 5.10 Å². The smallest absolute Gasteiger partial charge is 0.207 e. The Morgan fingerprint density at radius 3 is 2.58 bits per heavy atom. The molecule has 2 aromatic heterocycles. The lowest BCUT2D eigenvalue weighted by Crippen LogP contribution is -2.06. The van der Waals surface area contributed by atoms with Gasteiger partial charge in [0.05, 0.1) is 11.4 Å². The number of nitrogens with two attached hydrogens (primary N) is 1. The lowest BCUT2D eigenvalue weighted by Gasteiger charge is -2.07. The van der Waals surface area contributed by atoms with Crippen molar-refractivity contribution in [2.75, 3.05) is 5.73 Å². The third-order valence-electron chi connectivity index (χ3n) is 3.12. The van der Waals surface area contributed by atoms with E-state index in [2.05, 4.69) is 10.1 Å². The average molecular weight is 259 g/mol. The summed E-state index contributed by atoms with van der Waals surface area (Å²) >= 11 is 0. The average Bonchev–Trinajstić information content (AvgIpc) is 2.88. The zero-order chi connectivity index (χ0) is 13.6. The number of halogens is 1. The molecule has 98 valence electrons. The number of hydrogen-bond acceptors (Lipinski definition) is 3. The predicted molar refractivity (Wildman–Crippen MR) is 71.6 cm³/mol. The third kappa shape index (κ3) is 1.68. The van der Waals surface area contributed by atoms with Crippen molar-refractivity contribution in [3.8, 4) is 5.69 Å². The highest BCUT2D eigenvalue weighted by atomic mass is 19.1. The van der Waals surface area contributed by atoms with Crippen LogP contribution >= 0.6 is 0 Å². The second-order valence-electron chi connectivity index (χ2n) is 4.36. The van der Waals surface area contributed by atoms with Crippen molar-refractivity contribution < 1.29 is 4.39 Å². The van der Waals surface area contributed by atoms with Crippen molar-refractivity contribution in [2.45, 2.75) is 20.4 Å². The minimum atomic E-state index is -0.279. The van der Waals surface area contributed by atoms with E-state index in [1.807, 2.05) is 18.5 Å². The van der Waals surface area contributed by atoms with E-state index in [-0.39, 0.29) is 5.82 Å². The molecular formula is C13H14FN5. The van der Waals surface area contributed by atoms with Crippen LogP contribution in [0.4, 0.5) is 10.3 Å². The van der Waals surface area contributed by atoms with Crippen LogP contribution in [0.2, 0.25) is 0 Å². The van der Waals surface area contributed by atoms with E-state index in [1.54, 1.807) is 16.7 Å². The maximum atomic E-state index is 13.0. The van der Waals surface area contributed by atoms with Crippen LogP contribution in [0.25, 0.3) is 16.9 Å². The Bertz CT molecular complexity index is 739. The Morgan fingerprint density at radius 2 is 1.95 bits per heavy atom. The molecule has 0 fully saturated rings. The SMILES string of the molecule is CCn1nc(C)c2nc(N)n(-c3ccc(F)cc3)c21. The van der Waals surface area contributed by atoms with Gasteiger partial charge in [0.25, 0.3) is 0 Å². The first-order valence-corrected chi connectivity index (χ1v) is 6.09. The highest BCUT2D eigenvalue weighted by Gasteiger charge is 2.17. The molecule has 19 heavy (non-hydrogen) atoms. The molecule has 6 heteroatoms. The fourth-order valence-corrected chi connectivity index (χ4v) is 2.25. The Balaban J connectivity index is 2.33. The number of imidazole rings is 1. The van der Waals surface area contributed by atoms with E-state index in [1.165, 1.54) is 12.1 Å². The molecule has 0 saturated carbocycles. The number of benzene rings is 1. The van der Waals surface area contributed by atoms with Gasteiger partial charge in [0.1, 0.15) is 11.3 Å². The highest BCUT2D eigenvalue weighted by Crippen LogP contribution is 2.25. The van der Waals surface area contributed by atoms with Crippen LogP contribution in [0.3, 0.4) is 0 Å². The summed E-state index contributed by atoms with van der Waals surface area (Å²) < 4.78 is 16.7. The maximum Gasteiger partial charge on any atom is 0.207 e. The van der Waals surface area contributed by atoms with Crippen LogP contribution < -0.4 is 5.73 Å². The lowest BCUT2D eigenvalue weighted by atomic mass is 10.3. The summed E-state index contributed by atoms with van der Waals surface area (Å²) in [5, 5.41) is 4.42. The van der Waals surface area contributed by atoms with Crippen molar-refractivity contribution in [3.05, 3.63) is 35.8 Å².